The average molecular weight is 464 g/mol. The standard InChI is InChI=1S/C27H33N3O4/c1-4-34-27(32)20-11-13-29(14-12-20)18-26(31)30-25(22-9-6-10-23(16-22)33-3)17-24(28-30)21-8-5-7-19(2)15-21/h5-10,15-16,20,25H,4,11-14,17-18H2,1-3H3/t25-/m1/s1. The summed E-state index contributed by atoms with van der Waals surface area (Å²) in [6, 6.07) is 15.9. The highest BCUT2D eigenvalue weighted by atomic mass is 16.5. The minimum absolute atomic E-state index is 0.0370. The zero-order valence-electron chi connectivity index (χ0n) is 20.2. The summed E-state index contributed by atoms with van der Waals surface area (Å²) >= 11 is 0. The van der Waals surface area contributed by atoms with Gasteiger partial charge in [-0.2, -0.15) is 5.10 Å². The molecule has 0 saturated carbocycles. The van der Waals surface area contributed by atoms with Crippen molar-refractivity contribution in [1.29, 1.82) is 0 Å². The van der Waals surface area contributed by atoms with Crippen molar-refractivity contribution in [3.05, 3.63) is 65.2 Å². The molecule has 0 aliphatic carbocycles. The number of rotatable bonds is 7. The maximum atomic E-state index is 13.5. The third-order valence-electron chi connectivity index (χ3n) is 6.56. The monoisotopic (exact) mass is 463 g/mol. The Morgan fingerprint density at radius 1 is 1.09 bits per heavy atom. The van der Waals surface area contributed by atoms with E-state index >= 15 is 0 Å². The molecule has 0 N–H and O–H groups in total. The Bertz CT molecular complexity index is 1060. The number of hydrazone groups is 1. The number of methoxy groups -OCH3 is 1. The molecule has 1 fully saturated rings. The Labute approximate surface area is 201 Å². The highest BCUT2D eigenvalue weighted by Gasteiger charge is 2.35. The van der Waals surface area contributed by atoms with Crippen LogP contribution in [0.4, 0.5) is 0 Å². The Hall–Kier alpha value is -3.19. The van der Waals surface area contributed by atoms with Gasteiger partial charge in [0.15, 0.2) is 0 Å². The van der Waals surface area contributed by atoms with Crippen molar-refractivity contribution in [2.45, 2.75) is 39.2 Å². The Kier molecular flexibility index (Phi) is 7.63. The molecular formula is C27H33N3O4. The minimum Gasteiger partial charge on any atom is -0.497 e. The topological polar surface area (TPSA) is 71.4 Å². The lowest BCUT2D eigenvalue weighted by atomic mass is 9.96. The van der Waals surface area contributed by atoms with Crippen molar-refractivity contribution < 1.29 is 19.1 Å². The molecule has 0 spiro atoms. The van der Waals surface area contributed by atoms with Gasteiger partial charge < -0.3 is 9.47 Å². The summed E-state index contributed by atoms with van der Waals surface area (Å²) in [6.45, 7) is 5.95. The largest absolute Gasteiger partial charge is 0.497 e. The van der Waals surface area contributed by atoms with Crippen LogP contribution in [0.1, 0.15) is 48.9 Å². The van der Waals surface area contributed by atoms with Crippen LogP contribution in [-0.4, -0.2) is 60.8 Å². The number of carbonyl (C=O) groups excluding carboxylic acids is 2. The number of carbonyl (C=O) groups is 2. The van der Waals surface area contributed by atoms with Crippen LogP contribution in [0, 0.1) is 12.8 Å². The Morgan fingerprint density at radius 3 is 2.56 bits per heavy atom. The third kappa shape index (κ3) is 5.47. The molecule has 1 atom stereocenters. The number of ether oxygens (including phenoxy) is 2. The van der Waals surface area contributed by atoms with Gasteiger partial charge in [-0.25, -0.2) is 5.01 Å². The summed E-state index contributed by atoms with van der Waals surface area (Å²) in [4.78, 5) is 27.6. The van der Waals surface area contributed by atoms with E-state index in [2.05, 4.69) is 24.0 Å². The first-order valence-electron chi connectivity index (χ1n) is 12.0. The van der Waals surface area contributed by atoms with Crippen molar-refractivity contribution in [2.75, 3.05) is 33.4 Å². The fourth-order valence-electron chi connectivity index (χ4n) is 4.70. The molecule has 0 aromatic heterocycles. The second-order valence-electron chi connectivity index (χ2n) is 8.95. The van der Waals surface area contributed by atoms with Crippen molar-refractivity contribution in [2.24, 2.45) is 11.0 Å². The summed E-state index contributed by atoms with van der Waals surface area (Å²) in [5, 5.41) is 6.45. The van der Waals surface area contributed by atoms with Crippen LogP contribution in [-0.2, 0) is 14.3 Å². The number of piperidine rings is 1. The maximum absolute atomic E-state index is 13.5. The first kappa shape index (κ1) is 24.0. The summed E-state index contributed by atoms with van der Waals surface area (Å²) in [5.74, 6) is 0.520. The third-order valence-corrected chi connectivity index (χ3v) is 6.56. The van der Waals surface area contributed by atoms with Gasteiger partial charge in [-0.05, 0) is 63.0 Å². The molecule has 2 aromatic carbocycles. The number of hydrogen-bond acceptors (Lipinski definition) is 6. The van der Waals surface area contributed by atoms with Crippen LogP contribution in [0.25, 0.3) is 0 Å². The van der Waals surface area contributed by atoms with E-state index in [1.54, 1.807) is 12.1 Å². The molecular weight excluding hydrogens is 430 g/mol. The van der Waals surface area contributed by atoms with Crippen LogP contribution in [0.2, 0.25) is 0 Å². The predicted molar refractivity (Wildman–Crippen MR) is 131 cm³/mol. The highest BCUT2D eigenvalue weighted by molar-refractivity contribution is 6.03. The van der Waals surface area contributed by atoms with Crippen molar-refractivity contribution >= 4 is 17.6 Å². The molecule has 7 heteroatoms. The molecule has 0 radical (unpaired) electrons. The van der Waals surface area contributed by atoms with E-state index in [0.29, 0.717) is 39.0 Å². The van der Waals surface area contributed by atoms with E-state index in [4.69, 9.17) is 14.6 Å². The molecule has 2 aliphatic heterocycles. The molecule has 2 heterocycles. The number of benzene rings is 2. The van der Waals surface area contributed by atoms with Crippen LogP contribution >= 0.6 is 0 Å². The zero-order chi connectivity index (χ0) is 24.1. The van der Waals surface area contributed by atoms with Gasteiger partial charge in [0.2, 0.25) is 0 Å². The SMILES string of the molecule is CCOC(=O)C1CCN(CC(=O)N2N=C(c3cccc(C)c3)C[C@@H]2c2cccc(OC)c2)CC1. The van der Waals surface area contributed by atoms with E-state index in [1.165, 1.54) is 0 Å². The first-order chi connectivity index (χ1) is 16.5. The lowest BCUT2D eigenvalue weighted by molar-refractivity contribution is -0.149. The quantitative estimate of drug-likeness (QED) is 0.582. The molecule has 1 saturated heterocycles. The van der Waals surface area contributed by atoms with Gasteiger partial charge in [0.05, 0.1) is 37.9 Å². The van der Waals surface area contributed by atoms with E-state index in [-0.39, 0.29) is 30.4 Å². The molecule has 4 rings (SSSR count). The van der Waals surface area contributed by atoms with Gasteiger partial charge in [-0.15, -0.1) is 0 Å². The molecule has 34 heavy (non-hydrogen) atoms. The van der Waals surface area contributed by atoms with Gasteiger partial charge in [-0.3, -0.25) is 14.5 Å². The number of aryl methyl sites for hydroxylation is 1. The van der Waals surface area contributed by atoms with Crippen molar-refractivity contribution in [1.82, 2.24) is 9.91 Å². The van der Waals surface area contributed by atoms with Crippen LogP contribution < -0.4 is 4.74 Å². The first-order valence-corrected chi connectivity index (χ1v) is 12.0. The average Bonchev–Trinajstić information content (AvgIpc) is 3.31. The Balaban J connectivity index is 1.51. The molecule has 180 valence electrons. The highest BCUT2D eigenvalue weighted by Crippen LogP contribution is 2.34. The van der Waals surface area contributed by atoms with Crippen LogP contribution in [0.3, 0.4) is 0 Å². The van der Waals surface area contributed by atoms with E-state index in [0.717, 1.165) is 28.2 Å². The van der Waals surface area contributed by atoms with Crippen LogP contribution in [0.5, 0.6) is 5.75 Å². The lowest BCUT2D eigenvalue weighted by Crippen LogP contribution is -2.43. The molecule has 0 bridgehead atoms. The van der Waals surface area contributed by atoms with E-state index < -0.39 is 0 Å². The number of nitrogens with zero attached hydrogens (tertiary/aromatic N) is 3. The predicted octanol–water partition coefficient (Wildman–Crippen LogP) is 3.96. The molecule has 7 nitrogen and oxygen atoms in total. The van der Waals surface area contributed by atoms with E-state index in [1.807, 2.05) is 43.3 Å². The molecule has 1 amide bonds. The molecule has 2 aromatic rings. The smallest absolute Gasteiger partial charge is 0.309 e. The molecule has 0 unspecified atom stereocenters. The van der Waals surface area contributed by atoms with Gasteiger partial charge >= 0.3 is 5.97 Å². The van der Waals surface area contributed by atoms with Gasteiger partial charge in [0, 0.05) is 6.42 Å². The number of likely N-dealkylation sites (tertiary alicyclic amines) is 1. The fourth-order valence-corrected chi connectivity index (χ4v) is 4.70. The summed E-state index contributed by atoms with van der Waals surface area (Å²) < 4.78 is 10.6. The molecule has 2 aliphatic rings. The number of esters is 1. The zero-order valence-corrected chi connectivity index (χ0v) is 20.2. The second kappa shape index (κ2) is 10.8. The minimum atomic E-state index is -0.185. The van der Waals surface area contributed by atoms with Gasteiger partial charge in [-0.1, -0.05) is 42.0 Å². The number of hydrogen-bond donors (Lipinski definition) is 0. The fraction of sp³-hybridized carbons (Fsp3) is 0.444. The summed E-state index contributed by atoms with van der Waals surface area (Å²) in [5.41, 5.74) is 4.11. The van der Waals surface area contributed by atoms with Crippen LogP contribution in [0.15, 0.2) is 53.6 Å². The number of amides is 1. The van der Waals surface area contributed by atoms with E-state index in [9.17, 15) is 9.59 Å². The second-order valence-corrected chi connectivity index (χ2v) is 8.95. The van der Waals surface area contributed by atoms with Gasteiger partial charge in [0.25, 0.3) is 5.91 Å². The van der Waals surface area contributed by atoms with Crippen molar-refractivity contribution in [3.63, 3.8) is 0 Å². The Morgan fingerprint density at radius 2 is 1.85 bits per heavy atom. The van der Waals surface area contributed by atoms with Crippen molar-refractivity contribution in [3.8, 4) is 5.75 Å². The summed E-state index contributed by atoms with van der Waals surface area (Å²) in [6.07, 6.45) is 2.07. The lowest BCUT2D eigenvalue weighted by Gasteiger charge is -2.32. The van der Waals surface area contributed by atoms with Gasteiger partial charge in [0.1, 0.15) is 5.75 Å². The summed E-state index contributed by atoms with van der Waals surface area (Å²) in [7, 11) is 1.64. The maximum Gasteiger partial charge on any atom is 0.309 e. The normalized spacial score (nSPS) is 19.1.